The smallest absolute Gasteiger partial charge is 0.325 e. The minimum Gasteiger partial charge on any atom is -0.370 e. The zero-order valence-electron chi connectivity index (χ0n) is 47.5. The maximum atomic E-state index is 14.9. The highest BCUT2D eigenvalue weighted by molar-refractivity contribution is 7.80. The molecule has 3 aromatic carbocycles. The molecule has 462 valence electrons. The van der Waals surface area contributed by atoms with Gasteiger partial charge in [0, 0.05) is 73.7 Å². The van der Waals surface area contributed by atoms with Crippen molar-refractivity contribution in [3.63, 3.8) is 0 Å². The average Bonchev–Trinajstić information content (AvgIpc) is 2.86. The number of benzene rings is 3. The number of fused-ring (bicyclic) bond motifs is 2. The van der Waals surface area contributed by atoms with Crippen molar-refractivity contribution in [2.24, 2.45) is 43.6 Å². The molecule has 0 saturated carbocycles. The molecule has 1 saturated heterocycles. The van der Waals surface area contributed by atoms with E-state index in [1.807, 2.05) is 54.6 Å². The number of carbonyl (C=O) groups is 10. The fourth-order valence-corrected chi connectivity index (χ4v) is 9.49. The van der Waals surface area contributed by atoms with Crippen LogP contribution < -0.4 is 76.5 Å². The van der Waals surface area contributed by atoms with E-state index in [1.54, 1.807) is 18.3 Å². The number of carbonyl (C=O) groups excluding carboxylic acids is 10. The topological polar surface area (TPSA) is 465 Å². The summed E-state index contributed by atoms with van der Waals surface area (Å²) in [5.74, 6) is -8.43. The van der Waals surface area contributed by atoms with Crippen LogP contribution in [0.5, 0.6) is 0 Å². The second kappa shape index (κ2) is 33.2. The fraction of sp³-hybridized carbons (Fsp3) is 0.400. The molecule has 20 N–H and O–H groups in total. The third-order valence-electron chi connectivity index (χ3n) is 13.5. The van der Waals surface area contributed by atoms with Crippen LogP contribution in [-0.4, -0.2) is 174 Å². The van der Waals surface area contributed by atoms with Crippen LogP contribution in [0.25, 0.3) is 21.7 Å². The number of nitrogens with zero attached hydrogens (tertiary/aromatic N) is 4. The molecule has 5 rings (SSSR count). The maximum Gasteiger partial charge on any atom is 0.325 e. The zero-order valence-corrected chi connectivity index (χ0v) is 49.3. The van der Waals surface area contributed by atoms with Crippen molar-refractivity contribution < 1.29 is 47.9 Å². The van der Waals surface area contributed by atoms with Crippen LogP contribution >= 0.6 is 25.3 Å². The molecule has 1 aliphatic rings. The molecule has 86 heavy (non-hydrogen) atoms. The van der Waals surface area contributed by atoms with Crippen LogP contribution in [-0.2, 0) is 56.0 Å². The SMILES string of the molecule is C=C(C[C@H](NC(=O)[C@@H](C)NC(=O)[C@H](CS)NC(=O)CN1C(=O)N[C@@H](CCCN=C(N)N)C1=O)C(=O)N[C@H](Cc1ccc2ccccc2c1)C(=O)N[C@@H](CCCN=C(N)N)C(=O)N[C@@H](Cc1c[nH]c2ccccc12)C(=O)N[C@@H](CS)C(N)=O)NC=NC. The molecule has 31 heteroatoms. The Morgan fingerprint density at radius 3 is 1.90 bits per heavy atom. The van der Waals surface area contributed by atoms with E-state index in [2.05, 4.69) is 99.6 Å². The molecule has 4 aromatic rings. The lowest BCUT2D eigenvalue weighted by Gasteiger charge is -2.28. The Hall–Kier alpha value is -9.39. The molecule has 0 radical (unpaired) electrons. The Morgan fingerprint density at radius 1 is 0.674 bits per heavy atom. The highest BCUT2D eigenvalue weighted by Crippen LogP contribution is 2.21. The first kappa shape index (κ1) is 67.4. The fourth-order valence-electron chi connectivity index (χ4n) is 8.96. The lowest BCUT2D eigenvalue weighted by Crippen LogP contribution is -2.60. The van der Waals surface area contributed by atoms with Crippen molar-refractivity contribution in [3.8, 4) is 0 Å². The third kappa shape index (κ3) is 20.4. The molecule has 2 heterocycles. The molecule has 1 aliphatic heterocycles. The number of imide groups is 1. The predicted octanol–water partition coefficient (Wildman–Crippen LogP) is -2.96. The van der Waals surface area contributed by atoms with Gasteiger partial charge >= 0.3 is 6.03 Å². The van der Waals surface area contributed by atoms with Gasteiger partial charge in [-0.25, -0.2) is 4.79 Å². The number of hydrogen-bond acceptors (Lipinski definition) is 15. The van der Waals surface area contributed by atoms with E-state index in [9.17, 15) is 47.9 Å². The normalized spacial score (nSPS) is 15.3. The lowest BCUT2D eigenvalue weighted by molar-refractivity contribution is -0.135. The molecule has 8 atom stereocenters. The summed E-state index contributed by atoms with van der Waals surface area (Å²) >= 11 is 8.36. The Balaban J connectivity index is 1.39. The summed E-state index contributed by atoms with van der Waals surface area (Å²) in [5.41, 5.74) is 29.6. The van der Waals surface area contributed by atoms with Gasteiger partial charge < -0.3 is 81.5 Å². The molecular formula is C55H75N19O10S2. The largest absolute Gasteiger partial charge is 0.370 e. The van der Waals surface area contributed by atoms with Crippen molar-refractivity contribution in [2.75, 3.05) is 38.2 Å². The van der Waals surface area contributed by atoms with E-state index in [1.165, 1.54) is 20.3 Å². The van der Waals surface area contributed by atoms with Gasteiger partial charge in [-0.05, 0) is 60.6 Å². The van der Waals surface area contributed by atoms with Gasteiger partial charge in [0.15, 0.2) is 11.9 Å². The van der Waals surface area contributed by atoms with Crippen LogP contribution in [0.4, 0.5) is 4.79 Å². The first-order valence-corrected chi connectivity index (χ1v) is 28.5. The van der Waals surface area contributed by atoms with Crippen LogP contribution in [0.15, 0.2) is 100 Å². The van der Waals surface area contributed by atoms with Crippen LogP contribution in [0.2, 0.25) is 0 Å². The van der Waals surface area contributed by atoms with Gasteiger partial charge in [0.2, 0.25) is 47.3 Å². The predicted molar refractivity (Wildman–Crippen MR) is 331 cm³/mol. The van der Waals surface area contributed by atoms with Gasteiger partial charge in [0.1, 0.15) is 54.9 Å². The van der Waals surface area contributed by atoms with Crippen LogP contribution in [0, 0.1) is 0 Å². The summed E-state index contributed by atoms with van der Waals surface area (Å²) in [4.78, 5) is 152. The van der Waals surface area contributed by atoms with E-state index in [0.717, 1.165) is 21.7 Å². The number of aliphatic imine (C=N–C) groups is 3. The van der Waals surface area contributed by atoms with Crippen LogP contribution in [0.1, 0.15) is 50.2 Å². The summed E-state index contributed by atoms with van der Waals surface area (Å²) in [6.07, 6.45) is 2.97. The number of aromatic nitrogens is 1. The monoisotopic (exact) mass is 1230 g/mol. The standard InChI is InChI=1S/C55H75N19O10S2/c1-29(65-28-61-3)20-39(69-46(77)30(2)66-51(82)43(27-86)67-44(75)25-74-52(83)38(73-55(74)84)15-9-19-63-54(59)60)48(79)70-40(22-31-16-17-32-10-4-5-11-33(32)21-31)49(80)68-37(14-8-18-62-53(57)58)47(78)71-41(50(81)72-42(26-85)45(56)76)23-34-24-64-36-13-7-6-12-35(34)36/h4-7,10-13,16-17,21,24,28,30,37-43,64,85-86H,1,8-9,14-15,18-20,22-23,25-27H2,2-3H3,(H2,56,76)(H,61,65)(H,66,82)(H,67,75)(H,68,80)(H,69,77)(H,70,79)(H,71,78)(H,72,81)(H,73,84)(H4,57,58,62)(H4,59,60,63)/t30-,37+,38+,39+,40-,41+,42+,43+/m1/s1. The summed E-state index contributed by atoms with van der Waals surface area (Å²) in [5, 5.41) is 26.0. The van der Waals surface area contributed by atoms with Gasteiger partial charge in [0.25, 0.3) is 5.91 Å². The Labute approximate surface area is 506 Å². The number of H-pyrrole nitrogens is 1. The van der Waals surface area contributed by atoms with E-state index in [-0.39, 0.29) is 80.7 Å². The number of aromatic amines is 1. The van der Waals surface area contributed by atoms with Crippen molar-refractivity contribution in [1.82, 2.24) is 57.7 Å². The molecule has 1 fully saturated rings. The van der Waals surface area contributed by atoms with Gasteiger partial charge in [-0.15, -0.1) is 0 Å². The van der Waals surface area contributed by atoms with Crippen molar-refractivity contribution in [1.29, 1.82) is 0 Å². The number of thiol groups is 2. The number of amides is 11. The van der Waals surface area contributed by atoms with Gasteiger partial charge in [-0.2, -0.15) is 25.3 Å². The molecular weight excluding hydrogens is 1150 g/mol. The van der Waals surface area contributed by atoms with E-state index in [4.69, 9.17) is 28.7 Å². The summed E-state index contributed by atoms with van der Waals surface area (Å²) < 4.78 is 0. The molecule has 0 bridgehead atoms. The van der Waals surface area contributed by atoms with Crippen molar-refractivity contribution in [2.45, 2.75) is 100 Å². The van der Waals surface area contributed by atoms with E-state index in [0.29, 0.717) is 22.4 Å². The van der Waals surface area contributed by atoms with Gasteiger partial charge in [-0.3, -0.25) is 63.0 Å². The van der Waals surface area contributed by atoms with Crippen LogP contribution in [0.3, 0.4) is 0 Å². The quantitative estimate of drug-likeness (QED) is 0.00731. The maximum absolute atomic E-state index is 14.9. The summed E-state index contributed by atoms with van der Waals surface area (Å²) in [7, 11) is 1.47. The number of guanidine groups is 2. The Morgan fingerprint density at radius 2 is 1.24 bits per heavy atom. The minimum absolute atomic E-state index is 0.0258. The molecule has 1 aromatic heterocycles. The molecule has 11 amide bonds. The Bertz CT molecular complexity index is 3220. The van der Waals surface area contributed by atoms with Crippen molar-refractivity contribution >= 4 is 124 Å². The number of rotatable bonds is 34. The highest BCUT2D eigenvalue weighted by Gasteiger charge is 2.39. The second-order valence-corrected chi connectivity index (χ2v) is 20.8. The summed E-state index contributed by atoms with van der Waals surface area (Å²) in [6.45, 7) is 4.74. The number of hydrogen-bond donors (Lipinski definition) is 17. The molecule has 0 spiro atoms. The number of urea groups is 1. The first-order chi connectivity index (χ1) is 41.0. The zero-order chi connectivity index (χ0) is 63.0. The van der Waals surface area contributed by atoms with Gasteiger partial charge in [0.05, 0.1) is 6.34 Å². The first-order valence-electron chi connectivity index (χ1n) is 27.2. The molecule has 29 nitrogen and oxygen atoms in total. The highest BCUT2D eigenvalue weighted by atomic mass is 32.1. The Kier molecular flexibility index (Phi) is 26.0. The number of primary amides is 1. The number of nitrogens with one attached hydrogen (secondary N) is 10. The summed E-state index contributed by atoms with van der Waals surface area (Å²) in [6, 6.07) is 8.60. The van der Waals surface area contributed by atoms with Gasteiger partial charge in [-0.1, -0.05) is 67.2 Å². The minimum atomic E-state index is -1.51. The third-order valence-corrected chi connectivity index (χ3v) is 14.2. The molecule has 0 unspecified atom stereocenters. The average molecular weight is 1230 g/mol. The number of nitrogens with two attached hydrogens (primary N) is 5. The van der Waals surface area contributed by atoms with E-state index < -0.39 is 114 Å². The molecule has 0 aliphatic carbocycles. The van der Waals surface area contributed by atoms with Crippen molar-refractivity contribution in [3.05, 3.63) is 96.3 Å². The number of para-hydroxylation sites is 1. The lowest BCUT2D eigenvalue weighted by atomic mass is 9.99. The second-order valence-electron chi connectivity index (χ2n) is 20.0. The van der Waals surface area contributed by atoms with E-state index >= 15 is 0 Å².